The third kappa shape index (κ3) is 5.29. The average molecular weight is 554 g/mol. The van der Waals surface area contributed by atoms with E-state index in [1.807, 2.05) is 4.90 Å². The lowest BCUT2D eigenvalue weighted by Gasteiger charge is -2.40. The van der Waals surface area contributed by atoms with Crippen LogP contribution in [0.15, 0.2) is 0 Å². The molecule has 2 aromatic rings. The van der Waals surface area contributed by atoms with Crippen LogP contribution in [0.3, 0.4) is 0 Å². The van der Waals surface area contributed by atoms with E-state index < -0.39 is 12.3 Å². The summed E-state index contributed by atoms with van der Waals surface area (Å²) in [4.78, 5) is 48.0. The Bertz CT molecular complexity index is 1250. The summed E-state index contributed by atoms with van der Waals surface area (Å²) in [6, 6.07) is 0.365. The van der Waals surface area contributed by atoms with Crippen molar-refractivity contribution < 1.29 is 14.4 Å². The Morgan fingerprint density at radius 1 is 1.10 bits per heavy atom. The second-order valence-corrected chi connectivity index (χ2v) is 12.5. The van der Waals surface area contributed by atoms with E-state index in [2.05, 4.69) is 46.4 Å². The molecule has 2 amide bonds. The van der Waals surface area contributed by atoms with Gasteiger partial charge in [-0.2, -0.15) is 4.98 Å². The van der Waals surface area contributed by atoms with Crippen molar-refractivity contribution in [2.24, 2.45) is 17.8 Å². The molecular weight excluding hydrogens is 510 g/mol. The van der Waals surface area contributed by atoms with Crippen LogP contribution in [0.4, 0.5) is 16.6 Å². The maximum Gasteiger partial charge on any atom is 0.427 e. The molecule has 0 bridgehead atoms. The molecule has 0 spiro atoms. The molecule has 40 heavy (non-hydrogen) atoms. The topological polar surface area (TPSA) is 130 Å². The molecule has 3 atom stereocenters. The molecule has 0 aromatic carbocycles. The molecule has 4 aliphatic rings. The van der Waals surface area contributed by atoms with Gasteiger partial charge in [-0.05, 0) is 57.3 Å². The van der Waals surface area contributed by atoms with Crippen LogP contribution in [0, 0.1) is 17.8 Å². The first-order valence-corrected chi connectivity index (χ1v) is 15.1. The van der Waals surface area contributed by atoms with Crippen molar-refractivity contribution in [3.8, 4) is 0 Å². The van der Waals surface area contributed by atoms with E-state index in [4.69, 9.17) is 19.8 Å². The lowest BCUT2D eigenvalue weighted by atomic mass is 9.80. The van der Waals surface area contributed by atoms with Gasteiger partial charge in [-0.15, -0.1) is 5.48 Å². The van der Waals surface area contributed by atoms with E-state index in [-0.39, 0.29) is 18.0 Å². The molecular formula is C28H43N9O3. The van der Waals surface area contributed by atoms with Crippen molar-refractivity contribution in [3.63, 3.8) is 0 Å². The first kappa shape index (κ1) is 27.0. The Kier molecular flexibility index (Phi) is 7.45. The molecule has 4 fully saturated rings. The number of nitrogens with zero attached hydrogens (tertiary/aromatic N) is 6. The third-order valence-electron chi connectivity index (χ3n) is 9.52. The lowest BCUT2D eigenvalue weighted by molar-refractivity contribution is -0.129. The highest BCUT2D eigenvalue weighted by Crippen LogP contribution is 2.37. The van der Waals surface area contributed by atoms with Crippen LogP contribution in [0.1, 0.15) is 84.6 Å². The van der Waals surface area contributed by atoms with Gasteiger partial charge in [0.25, 0.3) is 0 Å². The predicted octanol–water partition coefficient (Wildman–Crippen LogP) is 3.55. The molecule has 2 aromatic heterocycles. The zero-order valence-electron chi connectivity index (χ0n) is 24.2. The summed E-state index contributed by atoms with van der Waals surface area (Å²) in [5.41, 5.74) is 4.21. The van der Waals surface area contributed by atoms with E-state index >= 15 is 0 Å². The smallest absolute Gasteiger partial charge is 0.365 e. The molecule has 12 nitrogen and oxygen atoms in total. The number of aromatic nitrogens is 4. The van der Waals surface area contributed by atoms with Gasteiger partial charge in [0.2, 0.25) is 11.9 Å². The maximum atomic E-state index is 12.1. The molecule has 4 heterocycles. The monoisotopic (exact) mass is 553 g/mol. The van der Waals surface area contributed by atoms with E-state index in [1.165, 1.54) is 44.9 Å². The molecule has 2 saturated carbocycles. The number of carbonyl (C=O) groups is 2. The van der Waals surface area contributed by atoms with Gasteiger partial charge in [0, 0.05) is 45.2 Å². The molecule has 218 valence electrons. The van der Waals surface area contributed by atoms with Gasteiger partial charge in [0.1, 0.15) is 5.52 Å². The summed E-state index contributed by atoms with van der Waals surface area (Å²) in [6.45, 7) is 11.3. The number of hydroxylamine groups is 1. The quantitative estimate of drug-likeness (QED) is 0.471. The second kappa shape index (κ2) is 11.0. The minimum absolute atomic E-state index is 0.108. The number of piperazine rings is 1. The fraction of sp³-hybridized carbons (Fsp3) is 0.750. The van der Waals surface area contributed by atoms with Crippen LogP contribution >= 0.6 is 0 Å². The zero-order chi connectivity index (χ0) is 28.0. The van der Waals surface area contributed by atoms with Crippen LogP contribution in [0.2, 0.25) is 0 Å². The van der Waals surface area contributed by atoms with Crippen molar-refractivity contribution in [3.05, 3.63) is 5.82 Å². The molecule has 2 saturated heterocycles. The predicted molar refractivity (Wildman–Crippen MR) is 151 cm³/mol. The summed E-state index contributed by atoms with van der Waals surface area (Å²) in [5.74, 6) is 4.10. The highest BCUT2D eigenvalue weighted by Gasteiger charge is 2.34. The third-order valence-corrected chi connectivity index (χ3v) is 9.52. The number of carbonyl (C=O) groups excluding carboxylic acids is 2. The molecule has 3 N–H and O–H groups in total. The van der Waals surface area contributed by atoms with Gasteiger partial charge in [-0.3, -0.25) is 10.1 Å². The Balaban J connectivity index is 1.43. The largest absolute Gasteiger partial charge is 0.427 e. The average Bonchev–Trinajstić information content (AvgIpc) is 3.48. The van der Waals surface area contributed by atoms with Gasteiger partial charge in [0.05, 0.1) is 0 Å². The Morgan fingerprint density at radius 2 is 1.88 bits per heavy atom. The number of nitrogens with one attached hydrogen (secondary N) is 3. The highest BCUT2D eigenvalue weighted by molar-refractivity contribution is 5.86. The SMILES string of the molecule is CC(=O)N1CCN(c2nc3nc(C4NOC(=O)N4)nc(N[C@H](C)C4CCC4)c3n2CC2CCC(C)CC2)[C@H](C)C1. The molecule has 0 radical (unpaired) electrons. The number of hydrogen-bond acceptors (Lipinski definition) is 9. The standard InChI is InChI=1S/C28H43N9O3/c1-16-8-10-20(11-9-16)15-37-22-23(29-18(3)21-6-5-7-21)30-25(26-33-28(39)40-34-26)31-24(22)32-27(37)36-13-12-35(19(4)38)14-17(36)2/h16-18,20-21,26,34H,5-15H2,1-4H3,(H,33,39)(H,29,30,31)/t16?,17-,18-,20?,26?/m1/s1. The van der Waals surface area contributed by atoms with Gasteiger partial charge < -0.3 is 24.5 Å². The number of fused-ring (bicyclic) bond motifs is 1. The number of hydrogen-bond donors (Lipinski definition) is 3. The van der Waals surface area contributed by atoms with Crippen LogP contribution in [0.25, 0.3) is 11.2 Å². The maximum absolute atomic E-state index is 12.1. The van der Waals surface area contributed by atoms with E-state index in [0.717, 1.165) is 29.7 Å². The summed E-state index contributed by atoms with van der Waals surface area (Å²) in [6.07, 6.45) is 7.38. The summed E-state index contributed by atoms with van der Waals surface area (Å²) >= 11 is 0. The number of imidazole rings is 1. The lowest BCUT2D eigenvalue weighted by Crippen LogP contribution is -2.54. The first-order valence-electron chi connectivity index (χ1n) is 15.1. The molecule has 2 aliphatic carbocycles. The van der Waals surface area contributed by atoms with E-state index in [0.29, 0.717) is 42.9 Å². The van der Waals surface area contributed by atoms with Gasteiger partial charge in [-0.1, -0.05) is 26.2 Å². The van der Waals surface area contributed by atoms with Gasteiger partial charge >= 0.3 is 6.09 Å². The summed E-state index contributed by atoms with van der Waals surface area (Å²) in [7, 11) is 0. The van der Waals surface area contributed by atoms with Crippen molar-refractivity contribution in [2.45, 2.75) is 97.4 Å². The van der Waals surface area contributed by atoms with E-state index in [1.54, 1.807) is 6.92 Å². The first-order chi connectivity index (χ1) is 19.3. The zero-order valence-corrected chi connectivity index (χ0v) is 24.2. The minimum Gasteiger partial charge on any atom is -0.365 e. The normalized spacial score (nSPS) is 28.2. The Hall–Kier alpha value is -3.15. The van der Waals surface area contributed by atoms with Crippen molar-refractivity contribution in [1.82, 2.24) is 35.2 Å². The van der Waals surface area contributed by atoms with E-state index in [9.17, 15) is 9.59 Å². The van der Waals surface area contributed by atoms with Crippen LogP contribution in [-0.4, -0.2) is 68.1 Å². The number of amides is 2. The van der Waals surface area contributed by atoms with Gasteiger partial charge in [0.15, 0.2) is 23.5 Å². The Labute approximate surface area is 235 Å². The fourth-order valence-electron chi connectivity index (χ4n) is 6.65. The Morgan fingerprint density at radius 3 is 2.50 bits per heavy atom. The summed E-state index contributed by atoms with van der Waals surface area (Å²) in [5, 5.41) is 6.46. The number of anilines is 2. The molecule has 2 aliphatic heterocycles. The molecule has 12 heteroatoms. The van der Waals surface area contributed by atoms with Crippen LogP contribution in [0.5, 0.6) is 0 Å². The van der Waals surface area contributed by atoms with Crippen molar-refractivity contribution >= 4 is 34.9 Å². The van der Waals surface area contributed by atoms with Crippen LogP contribution in [-0.2, 0) is 16.2 Å². The van der Waals surface area contributed by atoms with Crippen LogP contribution < -0.4 is 21.0 Å². The highest BCUT2D eigenvalue weighted by atomic mass is 16.7. The fourth-order valence-corrected chi connectivity index (χ4v) is 6.65. The molecule has 6 rings (SSSR count). The second-order valence-electron chi connectivity index (χ2n) is 12.5. The van der Waals surface area contributed by atoms with Gasteiger partial charge in [-0.25, -0.2) is 14.8 Å². The van der Waals surface area contributed by atoms with Crippen molar-refractivity contribution in [2.75, 3.05) is 29.9 Å². The minimum atomic E-state index is -0.650. The van der Waals surface area contributed by atoms with Crippen molar-refractivity contribution in [1.29, 1.82) is 0 Å². The number of rotatable bonds is 7. The molecule has 1 unspecified atom stereocenters. The summed E-state index contributed by atoms with van der Waals surface area (Å²) < 4.78 is 2.34.